The number of likely N-dealkylation sites (tertiary alicyclic amines) is 1. The summed E-state index contributed by atoms with van der Waals surface area (Å²) in [4.78, 5) is 13.8. The van der Waals surface area contributed by atoms with Crippen LogP contribution in [-0.4, -0.2) is 37.1 Å². The first-order valence-electron chi connectivity index (χ1n) is 5.66. The summed E-state index contributed by atoms with van der Waals surface area (Å²) in [6.45, 7) is 11.1. The molecule has 3 nitrogen and oxygen atoms in total. The maximum absolute atomic E-state index is 11.6. The Balaban J connectivity index is 2.41. The van der Waals surface area contributed by atoms with E-state index in [9.17, 15) is 4.79 Å². The molecule has 0 aromatic rings. The first kappa shape index (κ1) is 12.2. The Morgan fingerprint density at radius 3 is 2.93 bits per heavy atom. The molecule has 86 valence electrons. The van der Waals surface area contributed by atoms with Crippen molar-refractivity contribution in [2.45, 2.75) is 26.7 Å². The van der Waals surface area contributed by atoms with Gasteiger partial charge in [0.15, 0.2) is 0 Å². The molecule has 1 fully saturated rings. The fourth-order valence-corrected chi connectivity index (χ4v) is 2.03. The van der Waals surface area contributed by atoms with Crippen molar-refractivity contribution in [3.8, 4) is 0 Å². The van der Waals surface area contributed by atoms with Gasteiger partial charge in [-0.25, -0.2) is 0 Å². The van der Waals surface area contributed by atoms with Crippen molar-refractivity contribution < 1.29 is 9.53 Å². The van der Waals surface area contributed by atoms with Crippen LogP contribution in [0.5, 0.6) is 0 Å². The maximum Gasteiger partial charge on any atom is 0.310 e. The van der Waals surface area contributed by atoms with Gasteiger partial charge in [0.25, 0.3) is 0 Å². The standard InChI is InChI=1S/C12H21NO2/c1-4-15-12(14)11-6-5-7-13(9-11)8-10(2)3/h11H,2,4-9H2,1,3H3/t11-/m1/s1. The number of hydrogen-bond donors (Lipinski definition) is 0. The molecule has 0 unspecified atom stereocenters. The monoisotopic (exact) mass is 211 g/mol. The zero-order valence-corrected chi connectivity index (χ0v) is 9.79. The predicted octanol–water partition coefficient (Wildman–Crippen LogP) is 1.84. The Labute approximate surface area is 92.1 Å². The van der Waals surface area contributed by atoms with Crippen molar-refractivity contribution in [1.29, 1.82) is 0 Å². The molecular formula is C12H21NO2. The second kappa shape index (κ2) is 5.91. The molecule has 0 saturated carbocycles. The van der Waals surface area contributed by atoms with Crippen molar-refractivity contribution >= 4 is 5.97 Å². The molecule has 0 aromatic heterocycles. The van der Waals surface area contributed by atoms with Gasteiger partial charge in [-0.05, 0) is 33.2 Å². The molecule has 3 heteroatoms. The molecule has 0 N–H and O–H groups in total. The molecule has 0 spiro atoms. The summed E-state index contributed by atoms with van der Waals surface area (Å²) in [6, 6.07) is 0. The van der Waals surface area contributed by atoms with Crippen LogP contribution in [0.3, 0.4) is 0 Å². The minimum absolute atomic E-state index is 0.0380. The van der Waals surface area contributed by atoms with E-state index >= 15 is 0 Å². The molecule has 1 aliphatic heterocycles. The quantitative estimate of drug-likeness (QED) is 0.525. The third kappa shape index (κ3) is 4.04. The highest BCUT2D eigenvalue weighted by atomic mass is 16.5. The number of ether oxygens (including phenoxy) is 1. The zero-order valence-electron chi connectivity index (χ0n) is 9.79. The smallest absolute Gasteiger partial charge is 0.310 e. The maximum atomic E-state index is 11.6. The molecular weight excluding hydrogens is 190 g/mol. The lowest BCUT2D eigenvalue weighted by Gasteiger charge is -2.31. The molecule has 0 aromatic carbocycles. The van der Waals surface area contributed by atoms with Gasteiger partial charge in [0.1, 0.15) is 0 Å². The van der Waals surface area contributed by atoms with Crippen LogP contribution in [0, 0.1) is 5.92 Å². The van der Waals surface area contributed by atoms with Crippen LogP contribution in [-0.2, 0) is 9.53 Å². The minimum atomic E-state index is -0.0380. The average molecular weight is 211 g/mol. The van der Waals surface area contributed by atoms with E-state index in [0.717, 1.165) is 38.0 Å². The number of carbonyl (C=O) groups is 1. The van der Waals surface area contributed by atoms with Gasteiger partial charge >= 0.3 is 5.97 Å². The largest absolute Gasteiger partial charge is 0.466 e. The number of piperidine rings is 1. The highest BCUT2D eigenvalue weighted by Gasteiger charge is 2.26. The lowest BCUT2D eigenvalue weighted by Crippen LogP contribution is -2.40. The van der Waals surface area contributed by atoms with Crippen molar-refractivity contribution in [3.63, 3.8) is 0 Å². The van der Waals surface area contributed by atoms with E-state index in [-0.39, 0.29) is 11.9 Å². The van der Waals surface area contributed by atoms with Gasteiger partial charge in [-0.3, -0.25) is 9.69 Å². The summed E-state index contributed by atoms with van der Waals surface area (Å²) < 4.78 is 5.05. The van der Waals surface area contributed by atoms with Gasteiger partial charge in [0, 0.05) is 13.1 Å². The first-order chi connectivity index (χ1) is 7.13. The summed E-state index contributed by atoms with van der Waals surface area (Å²) in [5.41, 5.74) is 1.15. The molecule has 0 amide bonds. The molecule has 0 radical (unpaired) electrons. The lowest BCUT2D eigenvalue weighted by molar-refractivity contribution is -0.149. The molecule has 1 heterocycles. The van der Waals surface area contributed by atoms with Crippen LogP contribution >= 0.6 is 0 Å². The summed E-state index contributed by atoms with van der Waals surface area (Å²) in [5, 5.41) is 0. The topological polar surface area (TPSA) is 29.5 Å². The Hall–Kier alpha value is -0.830. The Bertz CT molecular complexity index is 238. The third-order valence-electron chi connectivity index (χ3n) is 2.62. The molecule has 1 saturated heterocycles. The molecule has 0 bridgehead atoms. The van der Waals surface area contributed by atoms with E-state index in [1.165, 1.54) is 0 Å². The second-order valence-electron chi connectivity index (χ2n) is 4.28. The van der Waals surface area contributed by atoms with Crippen molar-refractivity contribution in [3.05, 3.63) is 12.2 Å². The van der Waals surface area contributed by atoms with Gasteiger partial charge in [-0.1, -0.05) is 12.2 Å². The highest BCUT2D eigenvalue weighted by molar-refractivity contribution is 5.72. The SMILES string of the molecule is C=C(C)CN1CCC[C@@H](C(=O)OCC)C1. The fourth-order valence-electron chi connectivity index (χ4n) is 2.03. The van der Waals surface area contributed by atoms with Crippen LogP contribution in [0.4, 0.5) is 0 Å². The van der Waals surface area contributed by atoms with Crippen LogP contribution < -0.4 is 0 Å². The highest BCUT2D eigenvalue weighted by Crippen LogP contribution is 2.18. The van der Waals surface area contributed by atoms with Gasteiger partial charge in [0.2, 0.25) is 0 Å². The van der Waals surface area contributed by atoms with E-state index in [0.29, 0.717) is 6.61 Å². The van der Waals surface area contributed by atoms with E-state index < -0.39 is 0 Å². The normalized spacial score (nSPS) is 22.4. The van der Waals surface area contributed by atoms with Gasteiger partial charge in [0.05, 0.1) is 12.5 Å². The minimum Gasteiger partial charge on any atom is -0.466 e. The zero-order chi connectivity index (χ0) is 11.3. The van der Waals surface area contributed by atoms with E-state index in [1.807, 2.05) is 13.8 Å². The summed E-state index contributed by atoms with van der Waals surface area (Å²) in [6.07, 6.45) is 2.04. The lowest BCUT2D eigenvalue weighted by atomic mass is 9.98. The Kier molecular flexibility index (Phi) is 4.82. The Morgan fingerprint density at radius 1 is 1.60 bits per heavy atom. The third-order valence-corrected chi connectivity index (χ3v) is 2.62. The summed E-state index contributed by atoms with van der Waals surface area (Å²) >= 11 is 0. The summed E-state index contributed by atoms with van der Waals surface area (Å²) in [7, 11) is 0. The van der Waals surface area contributed by atoms with Crippen LogP contribution in [0.15, 0.2) is 12.2 Å². The van der Waals surface area contributed by atoms with E-state index in [4.69, 9.17) is 4.74 Å². The molecule has 15 heavy (non-hydrogen) atoms. The number of hydrogen-bond acceptors (Lipinski definition) is 3. The molecule has 1 rings (SSSR count). The van der Waals surface area contributed by atoms with Crippen LogP contribution in [0.25, 0.3) is 0 Å². The number of rotatable bonds is 4. The molecule has 1 atom stereocenters. The molecule has 1 aliphatic rings. The van der Waals surface area contributed by atoms with Crippen molar-refractivity contribution in [2.24, 2.45) is 5.92 Å². The van der Waals surface area contributed by atoms with Gasteiger partial charge in [-0.2, -0.15) is 0 Å². The molecule has 0 aliphatic carbocycles. The first-order valence-corrected chi connectivity index (χ1v) is 5.66. The number of nitrogens with zero attached hydrogens (tertiary/aromatic N) is 1. The van der Waals surface area contributed by atoms with Crippen LogP contribution in [0.2, 0.25) is 0 Å². The predicted molar refractivity (Wildman–Crippen MR) is 60.6 cm³/mol. The van der Waals surface area contributed by atoms with E-state index in [2.05, 4.69) is 11.5 Å². The Morgan fingerprint density at radius 2 is 2.33 bits per heavy atom. The number of esters is 1. The van der Waals surface area contributed by atoms with Crippen molar-refractivity contribution in [1.82, 2.24) is 4.90 Å². The van der Waals surface area contributed by atoms with Gasteiger partial charge in [-0.15, -0.1) is 0 Å². The second-order valence-corrected chi connectivity index (χ2v) is 4.28. The van der Waals surface area contributed by atoms with Crippen LogP contribution in [0.1, 0.15) is 26.7 Å². The summed E-state index contributed by atoms with van der Waals surface area (Å²) in [5.74, 6) is 0.0296. The fraction of sp³-hybridized carbons (Fsp3) is 0.750. The average Bonchev–Trinajstić information content (AvgIpc) is 2.17. The van der Waals surface area contributed by atoms with Crippen molar-refractivity contribution in [2.75, 3.05) is 26.2 Å². The number of carbonyl (C=O) groups excluding carboxylic acids is 1. The van der Waals surface area contributed by atoms with Gasteiger partial charge < -0.3 is 4.74 Å². The van der Waals surface area contributed by atoms with E-state index in [1.54, 1.807) is 0 Å².